The van der Waals surface area contributed by atoms with Crippen LogP contribution < -0.4 is 0 Å². The first-order chi connectivity index (χ1) is 7.28. The molecule has 0 aliphatic carbocycles. The predicted octanol–water partition coefficient (Wildman–Crippen LogP) is -0.387. The molecule has 1 atom stereocenters. The molecule has 2 rings (SSSR count). The molecule has 5 heteroatoms. The lowest BCUT2D eigenvalue weighted by atomic mass is 10.2. The average Bonchev–Trinajstić information content (AvgIpc) is 2.64. The van der Waals surface area contributed by atoms with Crippen LogP contribution in [0.25, 0.3) is 0 Å². The van der Waals surface area contributed by atoms with Gasteiger partial charge in [-0.25, -0.2) is 0 Å². The molecule has 0 bridgehead atoms. The molecular weight excluding hydrogens is 194 g/mol. The zero-order valence-corrected chi connectivity index (χ0v) is 8.96. The molecule has 1 aromatic rings. The smallest absolute Gasteiger partial charge is 0.0933 e. The molecule has 1 fully saturated rings. The van der Waals surface area contributed by atoms with Crippen LogP contribution in [0.3, 0.4) is 0 Å². The maximum atomic E-state index is 9.01. The maximum Gasteiger partial charge on any atom is 0.0933 e. The maximum absolute atomic E-state index is 9.01. The zero-order valence-electron chi connectivity index (χ0n) is 8.96. The van der Waals surface area contributed by atoms with Crippen LogP contribution in [0.2, 0.25) is 0 Å². The quantitative estimate of drug-likeness (QED) is 0.740. The fraction of sp³-hybridized carbons (Fsp3) is 0.700. The highest BCUT2D eigenvalue weighted by atomic mass is 16.5. The number of nitrogens with zero attached hydrogens (tertiary/aromatic N) is 3. The van der Waals surface area contributed by atoms with E-state index in [9.17, 15) is 0 Å². The van der Waals surface area contributed by atoms with Gasteiger partial charge in [-0.15, -0.1) is 0 Å². The first kappa shape index (κ1) is 10.6. The van der Waals surface area contributed by atoms with Crippen molar-refractivity contribution in [2.24, 2.45) is 7.05 Å². The molecule has 0 spiro atoms. The van der Waals surface area contributed by atoms with E-state index < -0.39 is 0 Å². The Hall–Kier alpha value is -0.910. The van der Waals surface area contributed by atoms with E-state index in [1.807, 2.05) is 19.4 Å². The molecule has 1 aliphatic rings. The highest BCUT2D eigenvalue weighted by Gasteiger charge is 2.19. The fourth-order valence-corrected chi connectivity index (χ4v) is 1.85. The van der Waals surface area contributed by atoms with E-state index >= 15 is 0 Å². The van der Waals surface area contributed by atoms with Gasteiger partial charge in [0.1, 0.15) is 0 Å². The predicted molar refractivity (Wildman–Crippen MR) is 55.3 cm³/mol. The van der Waals surface area contributed by atoms with Gasteiger partial charge in [0.2, 0.25) is 0 Å². The highest BCUT2D eigenvalue weighted by Crippen LogP contribution is 2.09. The van der Waals surface area contributed by atoms with Crippen molar-refractivity contribution in [2.75, 3.05) is 26.3 Å². The largest absolute Gasteiger partial charge is 0.394 e. The van der Waals surface area contributed by atoms with Gasteiger partial charge >= 0.3 is 0 Å². The van der Waals surface area contributed by atoms with Gasteiger partial charge in [-0.05, 0) is 0 Å². The SMILES string of the molecule is Cn1cc(CN2CCOC(CO)C2)cn1. The van der Waals surface area contributed by atoms with Crippen LogP contribution in [0.15, 0.2) is 12.4 Å². The normalized spacial score (nSPS) is 23.2. The van der Waals surface area contributed by atoms with Gasteiger partial charge in [0, 0.05) is 38.4 Å². The Kier molecular flexibility index (Phi) is 3.35. The topological polar surface area (TPSA) is 50.5 Å². The Morgan fingerprint density at radius 3 is 3.20 bits per heavy atom. The van der Waals surface area contributed by atoms with Crippen molar-refractivity contribution in [1.29, 1.82) is 0 Å². The number of rotatable bonds is 3. The Balaban J connectivity index is 1.88. The number of aliphatic hydroxyl groups excluding tert-OH is 1. The van der Waals surface area contributed by atoms with E-state index in [1.165, 1.54) is 5.56 Å². The third-order valence-corrected chi connectivity index (χ3v) is 2.59. The van der Waals surface area contributed by atoms with Gasteiger partial charge in [0.25, 0.3) is 0 Å². The summed E-state index contributed by atoms with van der Waals surface area (Å²) in [5.41, 5.74) is 1.20. The molecule has 5 nitrogen and oxygen atoms in total. The van der Waals surface area contributed by atoms with E-state index in [4.69, 9.17) is 9.84 Å². The molecule has 15 heavy (non-hydrogen) atoms. The average molecular weight is 211 g/mol. The summed E-state index contributed by atoms with van der Waals surface area (Å²) in [7, 11) is 1.92. The van der Waals surface area contributed by atoms with Gasteiger partial charge in [0.05, 0.1) is 25.5 Å². The second-order valence-corrected chi connectivity index (χ2v) is 3.93. The Morgan fingerprint density at radius 1 is 1.67 bits per heavy atom. The Bertz CT molecular complexity index is 313. The third-order valence-electron chi connectivity index (χ3n) is 2.59. The van der Waals surface area contributed by atoms with Crippen molar-refractivity contribution in [2.45, 2.75) is 12.6 Å². The van der Waals surface area contributed by atoms with Crippen LogP contribution in [-0.2, 0) is 18.3 Å². The van der Waals surface area contributed by atoms with E-state index in [2.05, 4.69) is 10.00 Å². The first-order valence-corrected chi connectivity index (χ1v) is 5.20. The Labute approximate surface area is 89.3 Å². The molecule has 1 N–H and O–H groups in total. The van der Waals surface area contributed by atoms with Gasteiger partial charge in [0.15, 0.2) is 0 Å². The molecule has 0 radical (unpaired) electrons. The van der Waals surface area contributed by atoms with Crippen molar-refractivity contribution in [1.82, 2.24) is 14.7 Å². The molecule has 1 aromatic heterocycles. The van der Waals surface area contributed by atoms with Crippen LogP contribution in [0.5, 0.6) is 0 Å². The summed E-state index contributed by atoms with van der Waals surface area (Å²) in [6.45, 7) is 3.40. The van der Waals surface area contributed by atoms with Gasteiger partial charge in [-0.1, -0.05) is 0 Å². The van der Waals surface area contributed by atoms with E-state index in [0.717, 1.165) is 19.6 Å². The minimum atomic E-state index is -0.0320. The number of aliphatic hydroxyl groups is 1. The summed E-state index contributed by atoms with van der Waals surface area (Å²) in [5, 5.41) is 13.1. The van der Waals surface area contributed by atoms with Crippen LogP contribution in [0.4, 0.5) is 0 Å². The minimum Gasteiger partial charge on any atom is -0.394 e. The fourth-order valence-electron chi connectivity index (χ4n) is 1.85. The van der Waals surface area contributed by atoms with Gasteiger partial charge < -0.3 is 9.84 Å². The lowest BCUT2D eigenvalue weighted by molar-refractivity contribution is -0.0551. The van der Waals surface area contributed by atoms with Crippen LogP contribution in [0.1, 0.15) is 5.56 Å². The number of aryl methyl sites for hydroxylation is 1. The minimum absolute atomic E-state index is 0.0320. The number of aromatic nitrogens is 2. The molecular formula is C10H17N3O2. The van der Waals surface area contributed by atoms with E-state index in [1.54, 1.807) is 4.68 Å². The first-order valence-electron chi connectivity index (χ1n) is 5.20. The Morgan fingerprint density at radius 2 is 2.53 bits per heavy atom. The molecule has 1 unspecified atom stereocenters. The summed E-state index contributed by atoms with van der Waals surface area (Å²) in [6.07, 6.45) is 3.86. The molecule has 2 heterocycles. The molecule has 1 aliphatic heterocycles. The molecule has 0 amide bonds. The summed E-state index contributed by atoms with van der Waals surface area (Å²) < 4.78 is 7.19. The van der Waals surface area contributed by atoms with Crippen molar-refractivity contribution in [3.63, 3.8) is 0 Å². The number of morpholine rings is 1. The number of hydrogen-bond donors (Lipinski definition) is 1. The monoisotopic (exact) mass is 211 g/mol. The van der Waals surface area contributed by atoms with E-state index in [-0.39, 0.29) is 12.7 Å². The molecule has 1 saturated heterocycles. The summed E-state index contributed by atoms with van der Waals surface area (Å²) in [4.78, 5) is 2.28. The van der Waals surface area contributed by atoms with Crippen molar-refractivity contribution < 1.29 is 9.84 Å². The van der Waals surface area contributed by atoms with Crippen molar-refractivity contribution in [3.05, 3.63) is 18.0 Å². The summed E-state index contributed by atoms with van der Waals surface area (Å²) in [6, 6.07) is 0. The van der Waals surface area contributed by atoms with Gasteiger partial charge in [-0.2, -0.15) is 5.10 Å². The molecule has 0 saturated carbocycles. The van der Waals surface area contributed by atoms with Gasteiger partial charge in [-0.3, -0.25) is 9.58 Å². The molecule has 0 aromatic carbocycles. The van der Waals surface area contributed by atoms with Crippen LogP contribution >= 0.6 is 0 Å². The van der Waals surface area contributed by atoms with Crippen molar-refractivity contribution in [3.8, 4) is 0 Å². The lowest BCUT2D eigenvalue weighted by Gasteiger charge is -2.31. The third kappa shape index (κ3) is 2.77. The summed E-state index contributed by atoms with van der Waals surface area (Å²) >= 11 is 0. The zero-order chi connectivity index (χ0) is 10.7. The lowest BCUT2D eigenvalue weighted by Crippen LogP contribution is -2.43. The molecule has 84 valence electrons. The number of hydrogen-bond acceptors (Lipinski definition) is 4. The highest BCUT2D eigenvalue weighted by molar-refractivity contribution is 5.03. The van der Waals surface area contributed by atoms with Crippen molar-refractivity contribution >= 4 is 0 Å². The summed E-state index contributed by atoms with van der Waals surface area (Å²) in [5.74, 6) is 0. The van der Waals surface area contributed by atoms with E-state index in [0.29, 0.717) is 6.61 Å². The van der Waals surface area contributed by atoms with Crippen LogP contribution in [-0.4, -0.2) is 52.2 Å². The number of ether oxygens (including phenoxy) is 1. The second kappa shape index (κ2) is 4.74. The standard InChI is InChI=1S/C10H17N3O2/c1-12-5-9(4-11-12)6-13-2-3-15-10(7-13)8-14/h4-5,10,14H,2-3,6-8H2,1H3. The second-order valence-electron chi connectivity index (χ2n) is 3.93. The van der Waals surface area contributed by atoms with Crippen LogP contribution in [0, 0.1) is 0 Å².